The number of rotatable bonds is 4. The van der Waals surface area contributed by atoms with E-state index in [0.717, 1.165) is 11.9 Å². The van der Waals surface area contributed by atoms with Crippen molar-refractivity contribution in [1.82, 2.24) is 14.8 Å². The molecule has 4 nitrogen and oxygen atoms in total. The van der Waals surface area contributed by atoms with Gasteiger partial charge in [-0.25, -0.2) is 4.39 Å². The van der Waals surface area contributed by atoms with Crippen molar-refractivity contribution in [1.29, 1.82) is 0 Å². The topological polar surface area (TPSA) is 47.8 Å². The number of Topliss-reactive ketones (excluding diaryl/α,β-unsaturated/α-hetero) is 1. The molecule has 88 valence electrons. The molecule has 0 spiro atoms. The van der Waals surface area contributed by atoms with Gasteiger partial charge in [0.2, 0.25) is 0 Å². The van der Waals surface area contributed by atoms with E-state index in [-0.39, 0.29) is 17.8 Å². The van der Waals surface area contributed by atoms with Gasteiger partial charge in [-0.3, -0.25) is 14.5 Å². The lowest BCUT2D eigenvalue weighted by Crippen LogP contribution is -2.06. The van der Waals surface area contributed by atoms with E-state index < -0.39 is 5.82 Å². The van der Waals surface area contributed by atoms with Crippen LogP contribution >= 0.6 is 0 Å². The molecule has 0 unspecified atom stereocenters. The van der Waals surface area contributed by atoms with E-state index in [2.05, 4.69) is 10.1 Å². The van der Waals surface area contributed by atoms with Gasteiger partial charge >= 0.3 is 0 Å². The van der Waals surface area contributed by atoms with Crippen molar-refractivity contribution >= 4 is 5.78 Å². The molecular formula is C12H12FN3O. The van der Waals surface area contributed by atoms with Crippen molar-refractivity contribution in [3.05, 3.63) is 47.8 Å². The minimum Gasteiger partial charge on any atom is -0.294 e. The zero-order valence-corrected chi connectivity index (χ0v) is 9.43. The van der Waals surface area contributed by atoms with Gasteiger partial charge in [0.1, 0.15) is 0 Å². The number of carbonyl (C=O) groups is 1. The predicted molar refractivity (Wildman–Crippen MR) is 60.1 cm³/mol. The van der Waals surface area contributed by atoms with E-state index in [1.807, 2.05) is 13.1 Å². The lowest BCUT2D eigenvalue weighted by molar-refractivity contribution is 0.0978. The summed E-state index contributed by atoms with van der Waals surface area (Å²) < 4.78 is 15.0. The smallest absolute Gasteiger partial charge is 0.166 e. The summed E-state index contributed by atoms with van der Waals surface area (Å²) in [5.41, 5.74) is 1.05. The molecule has 2 rings (SSSR count). The Morgan fingerprint density at radius 1 is 1.41 bits per heavy atom. The Kier molecular flexibility index (Phi) is 3.27. The van der Waals surface area contributed by atoms with Gasteiger partial charge in [0.05, 0.1) is 11.8 Å². The summed E-state index contributed by atoms with van der Waals surface area (Å²) in [7, 11) is 1.81. The van der Waals surface area contributed by atoms with Crippen LogP contribution < -0.4 is 0 Å². The van der Waals surface area contributed by atoms with Crippen molar-refractivity contribution in [2.45, 2.75) is 12.8 Å². The maximum absolute atomic E-state index is 13.3. The first-order valence-corrected chi connectivity index (χ1v) is 5.28. The fourth-order valence-corrected chi connectivity index (χ4v) is 1.62. The lowest BCUT2D eigenvalue weighted by atomic mass is 10.1. The Balaban J connectivity index is 2.04. The van der Waals surface area contributed by atoms with Crippen LogP contribution in [0.1, 0.15) is 22.5 Å². The maximum Gasteiger partial charge on any atom is 0.166 e. The van der Waals surface area contributed by atoms with Crippen LogP contribution in [0, 0.1) is 5.82 Å². The zero-order chi connectivity index (χ0) is 12.3. The van der Waals surface area contributed by atoms with E-state index in [1.165, 1.54) is 12.3 Å². The van der Waals surface area contributed by atoms with Gasteiger partial charge in [0.25, 0.3) is 0 Å². The van der Waals surface area contributed by atoms with Crippen molar-refractivity contribution < 1.29 is 9.18 Å². The molecular weight excluding hydrogens is 221 g/mol. The van der Waals surface area contributed by atoms with Crippen LogP contribution in [0.15, 0.2) is 30.7 Å². The molecule has 0 saturated heterocycles. The first-order chi connectivity index (χ1) is 8.18. The molecule has 0 saturated carbocycles. The van der Waals surface area contributed by atoms with E-state index in [0.29, 0.717) is 6.42 Å². The molecule has 2 aromatic heterocycles. The lowest BCUT2D eigenvalue weighted by Gasteiger charge is -2.02. The second kappa shape index (κ2) is 4.86. The minimum atomic E-state index is -0.567. The standard InChI is InChI=1S/C12H12FN3O/c1-16-9(4-7-15-16)2-3-12(17)10-5-6-14-8-11(10)13/h4-8H,2-3H2,1H3. The number of aromatic nitrogens is 3. The van der Waals surface area contributed by atoms with Gasteiger partial charge in [-0.15, -0.1) is 0 Å². The van der Waals surface area contributed by atoms with Crippen molar-refractivity contribution in [3.8, 4) is 0 Å². The van der Waals surface area contributed by atoms with Crippen LogP contribution in [0.5, 0.6) is 0 Å². The average molecular weight is 233 g/mol. The number of hydrogen-bond donors (Lipinski definition) is 0. The van der Waals surface area contributed by atoms with Crippen molar-refractivity contribution in [2.75, 3.05) is 0 Å². The van der Waals surface area contributed by atoms with Gasteiger partial charge in [-0.2, -0.15) is 5.10 Å². The third-order valence-corrected chi connectivity index (χ3v) is 2.60. The third-order valence-electron chi connectivity index (χ3n) is 2.60. The molecule has 17 heavy (non-hydrogen) atoms. The Hall–Kier alpha value is -2.04. The quantitative estimate of drug-likeness (QED) is 0.756. The van der Waals surface area contributed by atoms with Crippen LogP contribution in [0.3, 0.4) is 0 Å². The highest BCUT2D eigenvalue weighted by molar-refractivity contribution is 5.96. The molecule has 0 aliphatic carbocycles. The van der Waals surface area contributed by atoms with E-state index >= 15 is 0 Å². The third kappa shape index (κ3) is 2.55. The number of aryl methyl sites for hydroxylation is 2. The van der Waals surface area contributed by atoms with Crippen LogP contribution in [0.2, 0.25) is 0 Å². The Bertz CT molecular complexity index is 536. The van der Waals surface area contributed by atoms with Gasteiger partial charge in [-0.1, -0.05) is 0 Å². The van der Waals surface area contributed by atoms with Crippen LogP contribution in [-0.4, -0.2) is 20.5 Å². The number of hydrogen-bond acceptors (Lipinski definition) is 3. The summed E-state index contributed by atoms with van der Waals surface area (Å²) >= 11 is 0. The second-order valence-corrected chi connectivity index (χ2v) is 3.72. The highest BCUT2D eigenvalue weighted by Crippen LogP contribution is 2.10. The highest BCUT2D eigenvalue weighted by Gasteiger charge is 2.12. The molecule has 0 aromatic carbocycles. The molecule has 2 heterocycles. The number of carbonyl (C=O) groups excluding carboxylic acids is 1. The second-order valence-electron chi connectivity index (χ2n) is 3.72. The molecule has 0 aliphatic heterocycles. The molecule has 0 bridgehead atoms. The van der Waals surface area contributed by atoms with Gasteiger partial charge < -0.3 is 0 Å². The number of halogens is 1. The fraction of sp³-hybridized carbons (Fsp3) is 0.250. The van der Waals surface area contributed by atoms with Gasteiger partial charge in [0, 0.05) is 31.6 Å². The molecule has 0 N–H and O–H groups in total. The van der Waals surface area contributed by atoms with Crippen molar-refractivity contribution in [2.24, 2.45) is 7.05 Å². The predicted octanol–water partition coefficient (Wildman–Crippen LogP) is 1.77. The van der Waals surface area contributed by atoms with Crippen LogP contribution in [0.25, 0.3) is 0 Å². The molecule has 0 radical (unpaired) electrons. The van der Waals surface area contributed by atoms with Gasteiger partial charge in [-0.05, 0) is 18.6 Å². The summed E-state index contributed by atoms with van der Waals surface area (Å²) in [6, 6.07) is 3.25. The summed E-state index contributed by atoms with van der Waals surface area (Å²) in [5.74, 6) is -0.784. The monoisotopic (exact) mass is 233 g/mol. The van der Waals surface area contributed by atoms with Crippen LogP contribution in [-0.2, 0) is 13.5 Å². The fourth-order valence-electron chi connectivity index (χ4n) is 1.62. The zero-order valence-electron chi connectivity index (χ0n) is 9.43. The molecule has 0 amide bonds. The average Bonchev–Trinajstić information content (AvgIpc) is 2.72. The molecule has 0 fully saturated rings. The summed E-state index contributed by atoms with van der Waals surface area (Å²) in [6.07, 6.45) is 4.96. The van der Waals surface area contributed by atoms with Crippen LogP contribution in [0.4, 0.5) is 4.39 Å². The SMILES string of the molecule is Cn1nccc1CCC(=O)c1ccncc1F. The Morgan fingerprint density at radius 3 is 2.88 bits per heavy atom. The molecule has 0 atom stereocenters. The molecule has 5 heteroatoms. The first-order valence-electron chi connectivity index (χ1n) is 5.28. The molecule has 0 aliphatic rings. The van der Waals surface area contributed by atoms with E-state index in [1.54, 1.807) is 10.9 Å². The number of pyridine rings is 1. The molecule has 2 aromatic rings. The minimum absolute atomic E-state index is 0.0992. The Morgan fingerprint density at radius 2 is 2.24 bits per heavy atom. The normalized spacial score (nSPS) is 10.5. The summed E-state index contributed by atoms with van der Waals surface area (Å²) in [5, 5.41) is 4.01. The summed E-state index contributed by atoms with van der Waals surface area (Å²) in [4.78, 5) is 15.4. The Labute approximate surface area is 98.1 Å². The summed E-state index contributed by atoms with van der Waals surface area (Å²) in [6.45, 7) is 0. The number of nitrogens with zero attached hydrogens (tertiary/aromatic N) is 3. The maximum atomic E-state index is 13.3. The first kappa shape index (κ1) is 11.4. The highest BCUT2D eigenvalue weighted by atomic mass is 19.1. The largest absolute Gasteiger partial charge is 0.294 e. The van der Waals surface area contributed by atoms with Gasteiger partial charge in [0.15, 0.2) is 11.6 Å². The van der Waals surface area contributed by atoms with Crippen molar-refractivity contribution in [3.63, 3.8) is 0 Å². The van der Waals surface area contributed by atoms with E-state index in [4.69, 9.17) is 0 Å². The van der Waals surface area contributed by atoms with E-state index in [9.17, 15) is 9.18 Å². The number of ketones is 1.